The number of aromatic nitrogens is 1. The molecule has 0 saturated heterocycles. The molecule has 0 aliphatic rings. The van der Waals surface area contributed by atoms with E-state index in [1.165, 1.54) is 6.07 Å². The molecule has 6 heteroatoms. The number of nitrogens with zero attached hydrogens (tertiary/aromatic N) is 1. The number of amides is 2. The van der Waals surface area contributed by atoms with E-state index in [9.17, 15) is 9.59 Å². The highest BCUT2D eigenvalue weighted by molar-refractivity contribution is 5.89. The van der Waals surface area contributed by atoms with Gasteiger partial charge in [-0.15, -0.1) is 0 Å². The fourth-order valence-electron chi connectivity index (χ4n) is 2.16. The Kier molecular flexibility index (Phi) is 6.14. The highest BCUT2D eigenvalue weighted by atomic mass is 16.3. The van der Waals surface area contributed by atoms with Gasteiger partial charge in [-0.25, -0.2) is 4.79 Å². The van der Waals surface area contributed by atoms with E-state index in [4.69, 9.17) is 5.11 Å². The van der Waals surface area contributed by atoms with Crippen molar-refractivity contribution in [2.45, 2.75) is 26.4 Å². The van der Waals surface area contributed by atoms with Crippen molar-refractivity contribution in [1.29, 1.82) is 0 Å². The van der Waals surface area contributed by atoms with Gasteiger partial charge in [-0.05, 0) is 36.6 Å². The van der Waals surface area contributed by atoms with Crippen LogP contribution in [-0.2, 0) is 6.54 Å². The van der Waals surface area contributed by atoms with Gasteiger partial charge in [0.05, 0.1) is 6.54 Å². The van der Waals surface area contributed by atoms with E-state index in [2.05, 4.69) is 10.6 Å². The molecule has 0 saturated carbocycles. The lowest BCUT2D eigenvalue weighted by molar-refractivity contribution is 0.204. The molecule has 128 valence electrons. The zero-order valence-corrected chi connectivity index (χ0v) is 13.9. The van der Waals surface area contributed by atoms with E-state index in [1.54, 1.807) is 29.0 Å². The topological polar surface area (TPSA) is 83.4 Å². The summed E-state index contributed by atoms with van der Waals surface area (Å²) >= 11 is 0. The van der Waals surface area contributed by atoms with Gasteiger partial charge >= 0.3 is 6.03 Å². The second-order valence-electron chi connectivity index (χ2n) is 5.91. The number of anilines is 1. The van der Waals surface area contributed by atoms with Crippen LogP contribution in [0.15, 0.2) is 53.5 Å². The number of aliphatic hydroxyl groups is 1. The number of nitrogens with one attached hydrogen (secondary N) is 2. The molecule has 2 rings (SSSR count). The summed E-state index contributed by atoms with van der Waals surface area (Å²) in [5, 5.41) is 14.6. The minimum atomic E-state index is -0.310. The van der Waals surface area contributed by atoms with E-state index < -0.39 is 0 Å². The van der Waals surface area contributed by atoms with Crippen LogP contribution in [0.2, 0.25) is 0 Å². The summed E-state index contributed by atoms with van der Waals surface area (Å²) in [5.74, 6) is -0.0117. The van der Waals surface area contributed by atoms with Crippen LogP contribution >= 0.6 is 0 Å². The third kappa shape index (κ3) is 4.96. The predicted molar refractivity (Wildman–Crippen MR) is 94.1 cm³/mol. The predicted octanol–water partition coefficient (Wildman–Crippen LogP) is 2.04. The average molecular weight is 329 g/mol. The Bertz CT molecular complexity index is 725. The van der Waals surface area contributed by atoms with Crippen LogP contribution < -0.4 is 16.2 Å². The third-order valence-corrected chi connectivity index (χ3v) is 3.96. The Morgan fingerprint density at radius 2 is 1.88 bits per heavy atom. The minimum absolute atomic E-state index is 0.0117. The molecule has 2 amide bonds. The molecule has 2 atom stereocenters. The first-order valence-electron chi connectivity index (χ1n) is 7.92. The largest absolute Gasteiger partial charge is 0.396 e. The summed E-state index contributed by atoms with van der Waals surface area (Å²) in [6.07, 6.45) is 1.74. The van der Waals surface area contributed by atoms with Crippen molar-refractivity contribution in [3.63, 3.8) is 0 Å². The van der Waals surface area contributed by atoms with Gasteiger partial charge in [-0.2, -0.15) is 0 Å². The summed E-state index contributed by atoms with van der Waals surface area (Å²) in [4.78, 5) is 23.6. The SMILES string of the molecule is CC(CO)C(C)NC(=O)Nc1ccc(Cn2ccccc2=O)cc1. The first-order valence-corrected chi connectivity index (χ1v) is 7.92. The molecule has 2 unspecified atom stereocenters. The van der Waals surface area contributed by atoms with Crippen LogP contribution in [0.25, 0.3) is 0 Å². The van der Waals surface area contributed by atoms with Gasteiger partial charge in [-0.3, -0.25) is 4.79 Å². The Hall–Kier alpha value is -2.60. The second-order valence-corrected chi connectivity index (χ2v) is 5.91. The highest BCUT2D eigenvalue weighted by Gasteiger charge is 2.13. The molecule has 0 aliphatic carbocycles. The van der Waals surface area contributed by atoms with Crippen molar-refractivity contribution < 1.29 is 9.90 Å². The number of aliphatic hydroxyl groups excluding tert-OH is 1. The number of urea groups is 1. The zero-order valence-electron chi connectivity index (χ0n) is 13.9. The molecule has 24 heavy (non-hydrogen) atoms. The molecule has 1 heterocycles. The first kappa shape index (κ1) is 17.7. The van der Waals surface area contributed by atoms with Crippen LogP contribution in [0, 0.1) is 5.92 Å². The maximum Gasteiger partial charge on any atom is 0.319 e. The number of carbonyl (C=O) groups is 1. The molecule has 0 fully saturated rings. The first-order chi connectivity index (χ1) is 11.5. The monoisotopic (exact) mass is 329 g/mol. The molecule has 0 bridgehead atoms. The lowest BCUT2D eigenvalue weighted by Gasteiger charge is -2.19. The second kappa shape index (κ2) is 8.31. The summed E-state index contributed by atoms with van der Waals surface area (Å²) < 4.78 is 1.62. The van der Waals surface area contributed by atoms with Gasteiger partial charge in [0.15, 0.2) is 0 Å². The van der Waals surface area contributed by atoms with E-state index >= 15 is 0 Å². The molecular weight excluding hydrogens is 306 g/mol. The number of carbonyl (C=O) groups excluding carboxylic acids is 1. The van der Waals surface area contributed by atoms with E-state index in [0.29, 0.717) is 12.2 Å². The standard InChI is InChI=1S/C18H23N3O3/c1-13(12-22)14(2)19-18(24)20-16-8-6-15(7-9-16)11-21-10-4-3-5-17(21)23/h3-10,13-14,22H,11-12H2,1-2H3,(H2,19,20,24). The number of rotatable bonds is 6. The van der Waals surface area contributed by atoms with Gasteiger partial charge in [0.25, 0.3) is 5.56 Å². The lowest BCUT2D eigenvalue weighted by Crippen LogP contribution is -2.40. The van der Waals surface area contributed by atoms with Crippen molar-refractivity contribution in [3.8, 4) is 0 Å². The molecule has 1 aromatic carbocycles. The Labute approximate surface area is 141 Å². The Morgan fingerprint density at radius 3 is 2.50 bits per heavy atom. The van der Waals surface area contributed by atoms with E-state index in [1.807, 2.05) is 32.0 Å². The van der Waals surface area contributed by atoms with Gasteiger partial charge in [0, 0.05) is 30.6 Å². The summed E-state index contributed by atoms with van der Waals surface area (Å²) in [6, 6.07) is 11.9. The summed E-state index contributed by atoms with van der Waals surface area (Å²) in [6.45, 7) is 4.22. The fraction of sp³-hybridized carbons (Fsp3) is 0.333. The Balaban J connectivity index is 1.93. The quantitative estimate of drug-likeness (QED) is 0.758. The van der Waals surface area contributed by atoms with Crippen LogP contribution in [-0.4, -0.2) is 28.4 Å². The van der Waals surface area contributed by atoms with E-state index in [-0.39, 0.29) is 30.2 Å². The highest BCUT2D eigenvalue weighted by Crippen LogP contribution is 2.10. The van der Waals surface area contributed by atoms with Crippen molar-refractivity contribution in [2.75, 3.05) is 11.9 Å². The molecule has 1 aromatic heterocycles. The van der Waals surface area contributed by atoms with E-state index in [0.717, 1.165) is 5.56 Å². The minimum Gasteiger partial charge on any atom is -0.396 e. The normalized spacial score (nSPS) is 13.1. The lowest BCUT2D eigenvalue weighted by atomic mass is 10.1. The van der Waals surface area contributed by atoms with Crippen molar-refractivity contribution in [1.82, 2.24) is 9.88 Å². The van der Waals surface area contributed by atoms with Crippen molar-refractivity contribution >= 4 is 11.7 Å². The number of benzene rings is 1. The van der Waals surface area contributed by atoms with Gasteiger partial charge in [0.2, 0.25) is 0 Å². The maximum atomic E-state index is 11.9. The van der Waals surface area contributed by atoms with Crippen molar-refractivity contribution in [3.05, 3.63) is 64.6 Å². The maximum absolute atomic E-state index is 11.9. The number of hydrogen-bond donors (Lipinski definition) is 3. The molecule has 0 aliphatic heterocycles. The molecular formula is C18H23N3O3. The molecule has 0 radical (unpaired) electrons. The van der Waals surface area contributed by atoms with Crippen LogP contribution in [0.5, 0.6) is 0 Å². The summed E-state index contributed by atoms with van der Waals surface area (Å²) in [5.41, 5.74) is 1.59. The van der Waals surface area contributed by atoms with Gasteiger partial charge in [0.1, 0.15) is 0 Å². The zero-order chi connectivity index (χ0) is 17.5. The summed E-state index contributed by atoms with van der Waals surface area (Å²) in [7, 11) is 0. The average Bonchev–Trinajstić information content (AvgIpc) is 2.57. The van der Waals surface area contributed by atoms with Crippen LogP contribution in [0.4, 0.5) is 10.5 Å². The van der Waals surface area contributed by atoms with Gasteiger partial charge < -0.3 is 20.3 Å². The van der Waals surface area contributed by atoms with Crippen LogP contribution in [0.1, 0.15) is 19.4 Å². The van der Waals surface area contributed by atoms with Crippen LogP contribution in [0.3, 0.4) is 0 Å². The number of pyridine rings is 1. The van der Waals surface area contributed by atoms with Gasteiger partial charge in [-0.1, -0.05) is 25.1 Å². The molecule has 6 nitrogen and oxygen atoms in total. The van der Waals surface area contributed by atoms with Crippen molar-refractivity contribution in [2.24, 2.45) is 5.92 Å². The molecule has 0 spiro atoms. The Morgan fingerprint density at radius 1 is 1.17 bits per heavy atom. The molecule has 2 aromatic rings. The fourth-order valence-corrected chi connectivity index (χ4v) is 2.16. The number of hydrogen-bond acceptors (Lipinski definition) is 3. The molecule has 3 N–H and O–H groups in total. The smallest absolute Gasteiger partial charge is 0.319 e. The third-order valence-electron chi connectivity index (χ3n) is 3.96.